The van der Waals surface area contributed by atoms with Crippen molar-refractivity contribution in [3.8, 4) is 0 Å². The molecule has 1 aliphatic rings. The third-order valence-electron chi connectivity index (χ3n) is 5.61. The number of halogens is 2. The molecule has 0 spiro atoms. The molecule has 0 saturated carbocycles. The van der Waals surface area contributed by atoms with Gasteiger partial charge in [0.1, 0.15) is 17.7 Å². The molecule has 1 aliphatic heterocycles. The zero-order valence-corrected chi connectivity index (χ0v) is 18.2. The van der Waals surface area contributed by atoms with Crippen LogP contribution in [0.1, 0.15) is 31.7 Å². The van der Waals surface area contributed by atoms with Gasteiger partial charge in [0.2, 0.25) is 5.91 Å². The largest absolute Gasteiger partial charge is 0.371 e. The van der Waals surface area contributed by atoms with Gasteiger partial charge in [-0.15, -0.1) is 0 Å². The van der Waals surface area contributed by atoms with Crippen LogP contribution in [0.5, 0.6) is 0 Å². The van der Waals surface area contributed by atoms with E-state index in [0.717, 1.165) is 37.2 Å². The van der Waals surface area contributed by atoms with Gasteiger partial charge < -0.3 is 20.9 Å². The number of hydrogen-bond acceptors (Lipinski definition) is 3. The summed E-state index contributed by atoms with van der Waals surface area (Å²) in [6.07, 6.45) is 2.21. The molecule has 2 atom stereocenters. The summed E-state index contributed by atoms with van der Waals surface area (Å²) in [5, 5.41) is 8.40. The number of rotatable bonds is 9. The van der Waals surface area contributed by atoms with E-state index >= 15 is 0 Å². The summed E-state index contributed by atoms with van der Waals surface area (Å²) in [7, 11) is 0. The molecule has 3 N–H and O–H groups in total. The van der Waals surface area contributed by atoms with Gasteiger partial charge in [-0.3, -0.25) is 4.79 Å². The molecule has 0 radical (unpaired) electrons. The van der Waals surface area contributed by atoms with E-state index in [9.17, 15) is 18.4 Å². The Hall–Kier alpha value is -3.16. The van der Waals surface area contributed by atoms with Gasteiger partial charge in [0.25, 0.3) is 0 Å². The molecule has 2 unspecified atom stereocenters. The molecule has 6 nitrogen and oxygen atoms in total. The lowest BCUT2D eigenvalue weighted by Crippen LogP contribution is -2.50. The van der Waals surface area contributed by atoms with Crippen LogP contribution in [-0.4, -0.2) is 37.6 Å². The van der Waals surface area contributed by atoms with E-state index in [0.29, 0.717) is 18.9 Å². The van der Waals surface area contributed by atoms with Crippen molar-refractivity contribution in [2.24, 2.45) is 5.92 Å². The Kier molecular flexibility index (Phi) is 8.41. The molecule has 8 heteroatoms. The van der Waals surface area contributed by atoms with Crippen molar-refractivity contribution >= 4 is 17.6 Å². The lowest BCUT2D eigenvalue weighted by atomic mass is 10.1. The van der Waals surface area contributed by atoms with Crippen LogP contribution in [0.2, 0.25) is 0 Å². The molecular weight excluding hydrogens is 414 g/mol. The predicted octanol–water partition coefficient (Wildman–Crippen LogP) is 3.58. The third kappa shape index (κ3) is 6.93. The summed E-state index contributed by atoms with van der Waals surface area (Å²) in [5.41, 5.74) is 1.74. The summed E-state index contributed by atoms with van der Waals surface area (Å²) in [4.78, 5) is 27.1. The molecule has 0 aromatic heterocycles. The Morgan fingerprint density at radius 3 is 2.34 bits per heavy atom. The highest BCUT2D eigenvalue weighted by molar-refractivity contribution is 5.87. The molecule has 2 aromatic rings. The van der Waals surface area contributed by atoms with E-state index in [1.165, 1.54) is 24.3 Å². The second-order valence-electron chi connectivity index (χ2n) is 8.12. The van der Waals surface area contributed by atoms with Gasteiger partial charge in [-0.2, -0.15) is 0 Å². The molecular formula is C24H30F2N4O2. The molecule has 1 saturated heterocycles. The fourth-order valence-electron chi connectivity index (χ4n) is 3.81. The van der Waals surface area contributed by atoms with Gasteiger partial charge in [0.15, 0.2) is 0 Å². The Balaban J connectivity index is 1.43. The highest BCUT2D eigenvalue weighted by atomic mass is 19.1. The van der Waals surface area contributed by atoms with Crippen LogP contribution in [0.3, 0.4) is 0 Å². The normalized spacial score (nSPS) is 16.5. The summed E-state index contributed by atoms with van der Waals surface area (Å²) in [6.45, 7) is 4.37. The van der Waals surface area contributed by atoms with E-state index < -0.39 is 12.1 Å². The van der Waals surface area contributed by atoms with E-state index in [-0.39, 0.29) is 24.1 Å². The third-order valence-corrected chi connectivity index (χ3v) is 5.61. The van der Waals surface area contributed by atoms with Crippen molar-refractivity contribution in [1.29, 1.82) is 0 Å². The molecule has 3 amide bonds. The van der Waals surface area contributed by atoms with Crippen LogP contribution >= 0.6 is 0 Å². The predicted molar refractivity (Wildman–Crippen MR) is 120 cm³/mol. The number of urea groups is 1. The van der Waals surface area contributed by atoms with E-state index in [4.69, 9.17) is 0 Å². The minimum atomic E-state index is -0.622. The number of anilines is 1. The highest BCUT2D eigenvalue weighted by Gasteiger charge is 2.25. The van der Waals surface area contributed by atoms with Gasteiger partial charge >= 0.3 is 6.03 Å². The number of nitrogens with one attached hydrogen (secondary N) is 3. The van der Waals surface area contributed by atoms with Crippen molar-refractivity contribution < 1.29 is 18.4 Å². The molecule has 1 fully saturated rings. The Morgan fingerprint density at radius 2 is 1.69 bits per heavy atom. The molecule has 1 heterocycles. The number of carbonyl (C=O) groups is 2. The first-order valence-corrected chi connectivity index (χ1v) is 11.0. The van der Waals surface area contributed by atoms with Crippen LogP contribution in [0.25, 0.3) is 0 Å². The number of hydrogen-bond donors (Lipinski definition) is 3. The second-order valence-corrected chi connectivity index (χ2v) is 8.12. The van der Waals surface area contributed by atoms with Crippen LogP contribution in [0, 0.1) is 17.6 Å². The van der Waals surface area contributed by atoms with Gasteiger partial charge in [-0.25, -0.2) is 13.6 Å². The second kappa shape index (κ2) is 11.5. The maximum Gasteiger partial charge on any atom is 0.315 e. The van der Waals surface area contributed by atoms with Crippen molar-refractivity contribution in [2.75, 3.05) is 24.5 Å². The topological polar surface area (TPSA) is 73.5 Å². The molecule has 172 valence electrons. The first kappa shape index (κ1) is 23.5. The first-order valence-electron chi connectivity index (χ1n) is 11.0. The molecule has 0 aliphatic carbocycles. The fraction of sp³-hybridized carbons (Fsp3) is 0.417. The quantitative estimate of drug-likeness (QED) is 0.554. The van der Waals surface area contributed by atoms with E-state index in [1.807, 2.05) is 6.92 Å². The summed E-state index contributed by atoms with van der Waals surface area (Å²) < 4.78 is 26.1. The lowest BCUT2D eigenvalue weighted by molar-refractivity contribution is -0.123. The van der Waals surface area contributed by atoms with Crippen molar-refractivity contribution in [3.05, 3.63) is 65.7 Å². The number of benzene rings is 2. The summed E-state index contributed by atoms with van der Waals surface area (Å²) in [6, 6.07) is 11.2. The van der Waals surface area contributed by atoms with E-state index in [1.54, 1.807) is 24.3 Å². The lowest BCUT2D eigenvalue weighted by Gasteiger charge is -2.21. The Bertz CT molecular complexity index is 890. The molecule has 2 aromatic carbocycles. The van der Waals surface area contributed by atoms with Gasteiger partial charge in [0.05, 0.1) is 0 Å². The van der Waals surface area contributed by atoms with E-state index in [2.05, 4.69) is 20.9 Å². The van der Waals surface area contributed by atoms with Gasteiger partial charge in [-0.1, -0.05) is 25.5 Å². The maximum absolute atomic E-state index is 13.1. The standard InChI is InChI=1S/C24H30F2N4O2/c1-2-3-22(29-24(32)28-14-17-4-6-19(25)7-5-17)23(31)27-15-18-12-13-30(16-18)21-10-8-20(26)9-11-21/h4-11,18,22H,2-3,12-16H2,1H3,(H,27,31)(H2,28,29,32). The highest BCUT2D eigenvalue weighted by Crippen LogP contribution is 2.23. The zero-order valence-electron chi connectivity index (χ0n) is 18.2. The SMILES string of the molecule is CCCC(NC(=O)NCc1ccc(F)cc1)C(=O)NCC1CCN(c2ccc(F)cc2)C1. The van der Waals surface area contributed by atoms with Gasteiger partial charge in [0, 0.05) is 31.9 Å². The minimum absolute atomic E-state index is 0.205. The first-order chi connectivity index (χ1) is 15.4. The smallest absolute Gasteiger partial charge is 0.315 e. The fourth-order valence-corrected chi connectivity index (χ4v) is 3.81. The monoisotopic (exact) mass is 444 g/mol. The molecule has 32 heavy (non-hydrogen) atoms. The number of amides is 3. The Labute approximate surface area is 187 Å². The van der Waals surface area contributed by atoms with Crippen LogP contribution in [-0.2, 0) is 11.3 Å². The van der Waals surface area contributed by atoms with Crippen LogP contribution in [0.15, 0.2) is 48.5 Å². The number of nitrogens with zero attached hydrogens (tertiary/aromatic N) is 1. The average molecular weight is 445 g/mol. The average Bonchev–Trinajstić information content (AvgIpc) is 3.26. The zero-order chi connectivity index (χ0) is 22.9. The minimum Gasteiger partial charge on any atom is -0.371 e. The number of carbonyl (C=O) groups excluding carboxylic acids is 2. The van der Waals surface area contributed by atoms with Crippen molar-refractivity contribution in [2.45, 2.75) is 38.8 Å². The van der Waals surface area contributed by atoms with Crippen LogP contribution in [0.4, 0.5) is 19.3 Å². The van der Waals surface area contributed by atoms with Crippen LogP contribution < -0.4 is 20.9 Å². The Morgan fingerprint density at radius 1 is 1.03 bits per heavy atom. The van der Waals surface area contributed by atoms with Crippen molar-refractivity contribution in [3.63, 3.8) is 0 Å². The maximum atomic E-state index is 13.1. The summed E-state index contributed by atoms with van der Waals surface area (Å²) >= 11 is 0. The van der Waals surface area contributed by atoms with Gasteiger partial charge in [-0.05, 0) is 60.7 Å². The van der Waals surface area contributed by atoms with Crippen molar-refractivity contribution in [1.82, 2.24) is 16.0 Å². The molecule has 3 rings (SSSR count). The summed E-state index contributed by atoms with van der Waals surface area (Å²) in [5.74, 6) is -0.503. The molecule has 0 bridgehead atoms.